The van der Waals surface area contributed by atoms with E-state index < -0.39 is 0 Å². The van der Waals surface area contributed by atoms with Crippen molar-refractivity contribution in [2.45, 2.75) is 38.6 Å². The van der Waals surface area contributed by atoms with E-state index in [4.69, 9.17) is 4.74 Å². The van der Waals surface area contributed by atoms with Gasteiger partial charge < -0.3 is 15.4 Å². The standard InChI is InChI=1S/C24H26N8O2/c1-24(14-25)9-6-16(7-10-24)28-23-29-22(34-3)20-17(8-11-32(20)30-23)15-4-5-19-27-12-18(21(33)26-2)31(19)13-15/h4-5,8,11-13,16H,6-7,9-10H2,1-3H3,(H,26,33)(H,28,30). The molecule has 1 amide bonds. The number of nitriles is 1. The Kier molecular flexibility index (Phi) is 5.32. The van der Waals surface area contributed by atoms with Gasteiger partial charge in [-0.15, -0.1) is 5.10 Å². The predicted octanol–water partition coefficient (Wildman–Crippen LogP) is 3.30. The summed E-state index contributed by atoms with van der Waals surface area (Å²) in [6.45, 7) is 2.02. The lowest BCUT2D eigenvalue weighted by Gasteiger charge is -2.32. The van der Waals surface area contributed by atoms with Gasteiger partial charge in [-0.1, -0.05) is 0 Å². The number of hydrogen-bond donors (Lipinski definition) is 2. The highest BCUT2D eigenvalue weighted by Gasteiger charge is 2.31. The van der Waals surface area contributed by atoms with Gasteiger partial charge in [-0.05, 0) is 50.8 Å². The SMILES string of the molecule is CNC(=O)c1cnc2ccc(-c3ccn4nc(NC5CCC(C)(C#N)CC5)nc(OC)c34)cn12. The predicted molar refractivity (Wildman–Crippen MR) is 127 cm³/mol. The second kappa shape index (κ2) is 8.33. The Bertz CT molecular complexity index is 1420. The summed E-state index contributed by atoms with van der Waals surface area (Å²) in [6, 6.07) is 8.42. The third-order valence-corrected chi connectivity index (χ3v) is 6.64. The number of nitrogens with zero attached hydrogens (tertiary/aromatic N) is 6. The minimum absolute atomic E-state index is 0.208. The molecule has 0 saturated heterocycles. The summed E-state index contributed by atoms with van der Waals surface area (Å²) in [5.74, 6) is 0.734. The molecule has 0 aliphatic heterocycles. The van der Waals surface area contributed by atoms with E-state index in [9.17, 15) is 10.1 Å². The van der Waals surface area contributed by atoms with Crippen LogP contribution in [0.3, 0.4) is 0 Å². The van der Waals surface area contributed by atoms with Crippen molar-refractivity contribution in [3.05, 3.63) is 42.5 Å². The van der Waals surface area contributed by atoms with E-state index in [-0.39, 0.29) is 17.4 Å². The van der Waals surface area contributed by atoms with Crippen LogP contribution in [-0.4, -0.2) is 50.1 Å². The molecular formula is C24H26N8O2. The molecule has 1 fully saturated rings. The van der Waals surface area contributed by atoms with E-state index in [1.807, 2.05) is 37.5 Å². The van der Waals surface area contributed by atoms with Gasteiger partial charge in [-0.2, -0.15) is 10.2 Å². The molecule has 0 radical (unpaired) electrons. The number of hydrogen-bond acceptors (Lipinski definition) is 7. The van der Waals surface area contributed by atoms with E-state index in [2.05, 4.69) is 31.8 Å². The highest BCUT2D eigenvalue weighted by molar-refractivity contribution is 5.93. The number of aromatic nitrogens is 5. The lowest BCUT2D eigenvalue weighted by molar-refractivity contribution is 0.0957. The molecule has 10 heteroatoms. The summed E-state index contributed by atoms with van der Waals surface area (Å²) in [4.78, 5) is 21.1. The molecule has 0 atom stereocenters. The number of rotatable bonds is 5. The fourth-order valence-corrected chi connectivity index (χ4v) is 4.56. The Morgan fingerprint density at radius 2 is 2.09 bits per heavy atom. The minimum atomic E-state index is -0.246. The van der Waals surface area contributed by atoms with E-state index >= 15 is 0 Å². The Balaban J connectivity index is 1.49. The number of ether oxygens (including phenoxy) is 1. The number of anilines is 1. The molecule has 34 heavy (non-hydrogen) atoms. The first kappa shape index (κ1) is 21.7. The normalized spacial score (nSPS) is 20.2. The van der Waals surface area contributed by atoms with E-state index in [1.165, 1.54) is 0 Å². The number of carbonyl (C=O) groups is 1. The third-order valence-electron chi connectivity index (χ3n) is 6.64. The maximum atomic E-state index is 12.2. The first-order valence-corrected chi connectivity index (χ1v) is 11.3. The van der Waals surface area contributed by atoms with Gasteiger partial charge in [-0.3, -0.25) is 9.20 Å². The number of amides is 1. The van der Waals surface area contributed by atoms with Gasteiger partial charge in [-0.25, -0.2) is 9.50 Å². The van der Waals surface area contributed by atoms with Crippen molar-refractivity contribution in [1.29, 1.82) is 5.26 Å². The smallest absolute Gasteiger partial charge is 0.269 e. The molecule has 1 aliphatic carbocycles. The van der Waals surface area contributed by atoms with Crippen LogP contribution < -0.4 is 15.4 Å². The maximum Gasteiger partial charge on any atom is 0.269 e. The molecule has 1 aliphatic rings. The second-order valence-corrected chi connectivity index (χ2v) is 8.93. The van der Waals surface area contributed by atoms with E-state index in [1.54, 1.807) is 29.3 Å². The Morgan fingerprint density at radius 1 is 1.29 bits per heavy atom. The van der Waals surface area contributed by atoms with Crippen LogP contribution in [0.4, 0.5) is 5.95 Å². The first-order valence-electron chi connectivity index (χ1n) is 11.3. The third kappa shape index (κ3) is 3.69. The van der Waals surface area contributed by atoms with Gasteiger partial charge in [0, 0.05) is 36.6 Å². The lowest BCUT2D eigenvalue weighted by Crippen LogP contribution is -2.31. The number of fused-ring (bicyclic) bond motifs is 2. The largest absolute Gasteiger partial charge is 0.479 e. The minimum Gasteiger partial charge on any atom is -0.479 e. The Morgan fingerprint density at radius 3 is 2.79 bits per heavy atom. The van der Waals surface area contributed by atoms with E-state index in [0.29, 0.717) is 23.2 Å². The summed E-state index contributed by atoms with van der Waals surface area (Å²) < 4.78 is 9.16. The molecule has 10 nitrogen and oxygen atoms in total. The number of nitrogens with one attached hydrogen (secondary N) is 2. The van der Waals surface area contributed by atoms with Gasteiger partial charge >= 0.3 is 0 Å². The molecule has 1 saturated carbocycles. The van der Waals surface area contributed by atoms with Crippen LogP contribution in [0.5, 0.6) is 5.88 Å². The number of carbonyl (C=O) groups excluding carboxylic acids is 1. The number of pyridine rings is 1. The van der Waals surface area contributed by atoms with Gasteiger partial charge in [0.05, 0.1) is 24.8 Å². The van der Waals surface area contributed by atoms with Crippen molar-refractivity contribution in [1.82, 2.24) is 29.3 Å². The second-order valence-electron chi connectivity index (χ2n) is 8.93. The van der Waals surface area contributed by atoms with Crippen molar-refractivity contribution in [2.75, 3.05) is 19.5 Å². The highest BCUT2D eigenvalue weighted by Crippen LogP contribution is 2.36. The topological polar surface area (TPSA) is 122 Å². The molecule has 2 N–H and O–H groups in total. The Hall–Kier alpha value is -4.13. The average molecular weight is 459 g/mol. The van der Waals surface area contributed by atoms with Crippen LogP contribution >= 0.6 is 0 Å². The fraction of sp³-hybridized carbons (Fsp3) is 0.375. The zero-order valence-corrected chi connectivity index (χ0v) is 19.4. The van der Waals surface area contributed by atoms with Gasteiger partial charge in [0.25, 0.3) is 5.91 Å². The molecule has 0 aromatic carbocycles. The molecule has 4 aromatic heterocycles. The van der Waals surface area contributed by atoms with Crippen LogP contribution in [0.15, 0.2) is 36.8 Å². The van der Waals surface area contributed by atoms with Crippen LogP contribution in [0, 0.1) is 16.7 Å². The zero-order chi connectivity index (χ0) is 23.9. The number of imidazole rings is 1. The summed E-state index contributed by atoms with van der Waals surface area (Å²) in [6.07, 6.45) is 8.79. The zero-order valence-electron chi connectivity index (χ0n) is 19.4. The van der Waals surface area contributed by atoms with Crippen molar-refractivity contribution in [3.63, 3.8) is 0 Å². The highest BCUT2D eigenvalue weighted by atomic mass is 16.5. The maximum absolute atomic E-state index is 12.2. The lowest BCUT2D eigenvalue weighted by atomic mass is 9.75. The van der Waals surface area contributed by atoms with Crippen molar-refractivity contribution in [2.24, 2.45) is 5.41 Å². The van der Waals surface area contributed by atoms with Gasteiger partial charge in [0.1, 0.15) is 16.9 Å². The average Bonchev–Trinajstić information content (AvgIpc) is 3.48. The molecule has 0 spiro atoms. The quantitative estimate of drug-likeness (QED) is 0.471. The fourth-order valence-electron chi connectivity index (χ4n) is 4.56. The molecule has 4 aromatic rings. The van der Waals surface area contributed by atoms with Crippen molar-refractivity contribution >= 4 is 23.0 Å². The van der Waals surface area contributed by atoms with Gasteiger partial charge in [0.15, 0.2) is 0 Å². The summed E-state index contributed by atoms with van der Waals surface area (Å²) in [7, 11) is 3.18. The molecule has 0 bridgehead atoms. The molecular weight excluding hydrogens is 432 g/mol. The summed E-state index contributed by atoms with van der Waals surface area (Å²) >= 11 is 0. The van der Waals surface area contributed by atoms with Crippen LogP contribution in [0.1, 0.15) is 43.1 Å². The number of methoxy groups -OCH3 is 1. The Labute approximate surface area is 196 Å². The van der Waals surface area contributed by atoms with Crippen LogP contribution in [0.2, 0.25) is 0 Å². The molecule has 0 unspecified atom stereocenters. The van der Waals surface area contributed by atoms with Crippen LogP contribution in [-0.2, 0) is 0 Å². The summed E-state index contributed by atoms with van der Waals surface area (Å²) in [5, 5.41) is 20.1. The summed E-state index contributed by atoms with van der Waals surface area (Å²) in [5.41, 5.74) is 3.38. The molecule has 5 rings (SSSR count). The van der Waals surface area contributed by atoms with Crippen molar-refractivity contribution in [3.8, 4) is 23.1 Å². The van der Waals surface area contributed by atoms with E-state index in [0.717, 1.165) is 42.3 Å². The van der Waals surface area contributed by atoms with Gasteiger partial charge in [0.2, 0.25) is 11.8 Å². The van der Waals surface area contributed by atoms with Crippen LogP contribution in [0.25, 0.3) is 22.3 Å². The monoisotopic (exact) mass is 458 g/mol. The molecule has 174 valence electrons. The van der Waals surface area contributed by atoms with Crippen molar-refractivity contribution < 1.29 is 9.53 Å². The molecule has 4 heterocycles. The first-order chi connectivity index (χ1) is 16.4.